The van der Waals surface area contributed by atoms with Gasteiger partial charge >= 0.3 is 0 Å². The average molecular weight is 396 g/mol. The Morgan fingerprint density at radius 2 is 1.90 bits per heavy atom. The normalized spacial score (nSPS) is 16.8. The second kappa shape index (κ2) is 11.5. The Kier molecular flexibility index (Phi) is 8.38. The second-order valence-electron chi connectivity index (χ2n) is 7.53. The zero-order valence-electron chi connectivity index (χ0n) is 17.6. The first-order valence-electron chi connectivity index (χ1n) is 10.5. The zero-order valence-corrected chi connectivity index (χ0v) is 17.6. The number of methoxy groups -OCH3 is 1. The lowest BCUT2D eigenvalue weighted by Crippen LogP contribution is -2.40. The number of guanidine groups is 1. The molecule has 1 unspecified atom stereocenters. The Morgan fingerprint density at radius 3 is 2.62 bits per heavy atom. The van der Waals surface area contributed by atoms with E-state index in [0.717, 1.165) is 57.2 Å². The van der Waals surface area contributed by atoms with Crippen LogP contribution < -0.4 is 10.1 Å². The summed E-state index contributed by atoms with van der Waals surface area (Å²) in [7, 11) is 3.56. The van der Waals surface area contributed by atoms with Crippen molar-refractivity contribution in [1.29, 1.82) is 0 Å². The maximum absolute atomic E-state index is 5.93. The van der Waals surface area contributed by atoms with E-state index < -0.39 is 0 Å². The van der Waals surface area contributed by atoms with Crippen molar-refractivity contribution in [3.05, 3.63) is 65.7 Å². The van der Waals surface area contributed by atoms with E-state index in [9.17, 15) is 0 Å². The van der Waals surface area contributed by atoms with Gasteiger partial charge in [0.15, 0.2) is 5.96 Å². The Labute approximate surface area is 174 Å². The number of nitrogens with one attached hydrogen (secondary N) is 1. The minimum atomic E-state index is 0.566. The monoisotopic (exact) mass is 395 g/mol. The summed E-state index contributed by atoms with van der Waals surface area (Å²) in [5.74, 6) is 2.48. The molecular weight excluding hydrogens is 362 g/mol. The molecule has 0 bridgehead atoms. The van der Waals surface area contributed by atoms with Crippen molar-refractivity contribution in [2.24, 2.45) is 10.9 Å². The van der Waals surface area contributed by atoms with Crippen molar-refractivity contribution < 1.29 is 9.47 Å². The fourth-order valence-corrected chi connectivity index (χ4v) is 3.70. The molecule has 1 aliphatic heterocycles. The molecule has 5 nitrogen and oxygen atoms in total. The van der Waals surface area contributed by atoms with Gasteiger partial charge in [-0.2, -0.15) is 0 Å². The Balaban J connectivity index is 1.33. The van der Waals surface area contributed by atoms with Gasteiger partial charge in [-0.1, -0.05) is 42.5 Å². The van der Waals surface area contributed by atoms with E-state index in [2.05, 4.69) is 51.6 Å². The smallest absolute Gasteiger partial charge is 0.193 e. The average Bonchev–Trinajstić information content (AvgIpc) is 3.23. The minimum Gasteiger partial charge on any atom is -0.497 e. The highest BCUT2D eigenvalue weighted by Crippen LogP contribution is 2.17. The molecule has 3 rings (SSSR count). The molecule has 0 aliphatic carbocycles. The van der Waals surface area contributed by atoms with Crippen LogP contribution in [0, 0.1) is 5.92 Å². The molecular formula is C24H33N3O2. The fourth-order valence-electron chi connectivity index (χ4n) is 3.70. The largest absolute Gasteiger partial charge is 0.497 e. The van der Waals surface area contributed by atoms with Gasteiger partial charge in [0.05, 0.1) is 20.3 Å². The van der Waals surface area contributed by atoms with Gasteiger partial charge in [0, 0.05) is 32.6 Å². The summed E-state index contributed by atoms with van der Waals surface area (Å²) in [6.07, 6.45) is 3.27. The molecule has 1 heterocycles. The quantitative estimate of drug-likeness (QED) is 0.399. The molecule has 2 aromatic rings. The molecule has 0 amide bonds. The minimum absolute atomic E-state index is 0.566. The number of hydrogen-bond donors (Lipinski definition) is 1. The van der Waals surface area contributed by atoms with E-state index in [-0.39, 0.29) is 0 Å². The molecule has 156 valence electrons. The summed E-state index contributed by atoms with van der Waals surface area (Å²) < 4.78 is 11.1. The Morgan fingerprint density at radius 1 is 1.10 bits per heavy atom. The van der Waals surface area contributed by atoms with Crippen molar-refractivity contribution in [2.75, 3.05) is 40.4 Å². The molecule has 0 saturated carbocycles. The summed E-state index contributed by atoms with van der Waals surface area (Å²) in [6.45, 7) is 4.46. The second-order valence-corrected chi connectivity index (χ2v) is 7.53. The molecule has 0 aromatic heterocycles. The summed E-state index contributed by atoms with van der Waals surface area (Å²) in [5, 5.41) is 3.52. The van der Waals surface area contributed by atoms with Crippen LogP contribution in [0.15, 0.2) is 59.6 Å². The van der Waals surface area contributed by atoms with E-state index in [1.807, 2.05) is 25.2 Å². The van der Waals surface area contributed by atoms with Crippen LogP contribution in [0.3, 0.4) is 0 Å². The molecule has 1 aliphatic rings. The van der Waals surface area contributed by atoms with E-state index in [0.29, 0.717) is 12.5 Å². The molecule has 1 saturated heterocycles. The standard InChI is InChI=1S/C24H33N3O2/c1-25-24(26-15-6-9-20-10-12-23(28-2)13-11-20)27-16-14-22(17-27)19-29-18-21-7-4-3-5-8-21/h3-5,7-8,10-13,22H,6,9,14-19H2,1-2H3,(H,25,26). The van der Waals surface area contributed by atoms with E-state index in [1.54, 1.807) is 7.11 Å². The lowest BCUT2D eigenvalue weighted by Gasteiger charge is -2.21. The van der Waals surface area contributed by atoms with Crippen LogP contribution in [0.5, 0.6) is 5.75 Å². The summed E-state index contributed by atoms with van der Waals surface area (Å²) in [4.78, 5) is 6.82. The zero-order chi connectivity index (χ0) is 20.3. The van der Waals surface area contributed by atoms with Crippen molar-refractivity contribution in [3.63, 3.8) is 0 Å². The van der Waals surface area contributed by atoms with Gasteiger partial charge in [-0.3, -0.25) is 4.99 Å². The predicted octanol–water partition coefficient (Wildman–Crippen LogP) is 3.74. The highest BCUT2D eigenvalue weighted by molar-refractivity contribution is 5.80. The van der Waals surface area contributed by atoms with Crippen molar-refractivity contribution in [1.82, 2.24) is 10.2 Å². The molecule has 0 spiro atoms. The first kappa shape index (κ1) is 21.2. The molecule has 1 atom stereocenters. The van der Waals surface area contributed by atoms with Crippen LogP contribution in [0.1, 0.15) is 24.0 Å². The van der Waals surface area contributed by atoms with Gasteiger partial charge in [0.25, 0.3) is 0 Å². The maximum Gasteiger partial charge on any atom is 0.193 e. The predicted molar refractivity (Wildman–Crippen MR) is 118 cm³/mol. The van der Waals surface area contributed by atoms with Crippen LogP contribution >= 0.6 is 0 Å². The van der Waals surface area contributed by atoms with Gasteiger partial charge in [-0.25, -0.2) is 0 Å². The number of nitrogens with zero attached hydrogens (tertiary/aromatic N) is 2. The number of hydrogen-bond acceptors (Lipinski definition) is 3. The van der Waals surface area contributed by atoms with Crippen molar-refractivity contribution in [3.8, 4) is 5.75 Å². The molecule has 1 N–H and O–H groups in total. The third kappa shape index (κ3) is 6.79. The first-order valence-corrected chi connectivity index (χ1v) is 10.5. The highest BCUT2D eigenvalue weighted by atomic mass is 16.5. The van der Waals surface area contributed by atoms with Crippen LogP contribution in [-0.4, -0.2) is 51.3 Å². The summed E-state index contributed by atoms with van der Waals surface area (Å²) in [6, 6.07) is 18.7. The molecule has 2 aromatic carbocycles. The Bertz CT molecular complexity index is 746. The lowest BCUT2D eigenvalue weighted by molar-refractivity contribution is 0.0907. The summed E-state index contributed by atoms with van der Waals surface area (Å²) >= 11 is 0. The van der Waals surface area contributed by atoms with Crippen molar-refractivity contribution in [2.45, 2.75) is 25.9 Å². The third-order valence-corrected chi connectivity index (χ3v) is 5.35. The van der Waals surface area contributed by atoms with E-state index >= 15 is 0 Å². The molecule has 29 heavy (non-hydrogen) atoms. The molecule has 5 heteroatoms. The van der Waals surface area contributed by atoms with Gasteiger partial charge < -0.3 is 19.7 Å². The maximum atomic E-state index is 5.93. The number of likely N-dealkylation sites (tertiary alicyclic amines) is 1. The number of aliphatic imine (C=N–C) groups is 1. The van der Waals surface area contributed by atoms with Crippen molar-refractivity contribution >= 4 is 5.96 Å². The SMILES string of the molecule is CN=C(NCCCc1ccc(OC)cc1)N1CCC(COCc2ccccc2)C1. The third-order valence-electron chi connectivity index (χ3n) is 5.35. The van der Waals surface area contributed by atoms with Crippen LogP contribution in [0.2, 0.25) is 0 Å². The van der Waals surface area contributed by atoms with Gasteiger partial charge in [0.2, 0.25) is 0 Å². The first-order chi connectivity index (χ1) is 14.3. The van der Waals surface area contributed by atoms with Crippen LogP contribution in [-0.2, 0) is 17.8 Å². The summed E-state index contributed by atoms with van der Waals surface area (Å²) in [5.41, 5.74) is 2.57. The lowest BCUT2D eigenvalue weighted by atomic mass is 10.1. The molecule has 1 fully saturated rings. The van der Waals surface area contributed by atoms with Gasteiger partial charge in [-0.05, 0) is 42.5 Å². The number of ether oxygens (including phenoxy) is 2. The van der Waals surface area contributed by atoms with Gasteiger partial charge in [0.1, 0.15) is 5.75 Å². The van der Waals surface area contributed by atoms with Crippen LogP contribution in [0.4, 0.5) is 0 Å². The van der Waals surface area contributed by atoms with E-state index in [1.165, 1.54) is 11.1 Å². The van der Waals surface area contributed by atoms with Crippen LogP contribution in [0.25, 0.3) is 0 Å². The van der Waals surface area contributed by atoms with E-state index in [4.69, 9.17) is 9.47 Å². The number of aryl methyl sites for hydroxylation is 1. The molecule has 0 radical (unpaired) electrons. The highest BCUT2D eigenvalue weighted by Gasteiger charge is 2.24. The fraction of sp³-hybridized carbons (Fsp3) is 0.458. The topological polar surface area (TPSA) is 46.1 Å². The number of benzene rings is 2. The Hall–Kier alpha value is -2.53. The number of rotatable bonds is 9. The van der Waals surface area contributed by atoms with Gasteiger partial charge in [-0.15, -0.1) is 0 Å².